The number of rotatable bonds is 1. The molecule has 14 heavy (non-hydrogen) atoms. The van der Waals surface area contributed by atoms with E-state index in [1.54, 1.807) is 6.92 Å². The Morgan fingerprint density at radius 1 is 1.79 bits per heavy atom. The number of ether oxygens (including phenoxy) is 1. The standard InChI is InChI=1S/C10H13NO3/c1-3-7-4-8(14-10(11)13)5-9(12)6(7)2/h1,8-9,12H,4-5H2,2H3,(H2,11,13). The van der Waals surface area contributed by atoms with Gasteiger partial charge in [0.05, 0.1) is 6.10 Å². The van der Waals surface area contributed by atoms with Crippen molar-refractivity contribution in [1.29, 1.82) is 0 Å². The number of hydrogen-bond acceptors (Lipinski definition) is 3. The number of terminal acetylenes is 1. The molecule has 4 nitrogen and oxygen atoms in total. The second-order valence-corrected chi connectivity index (χ2v) is 3.32. The zero-order valence-electron chi connectivity index (χ0n) is 7.99. The molecule has 76 valence electrons. The molecule has 0 saturated carbocycles. The van der Waals surface area contributed by atoms with E-state index in [1.165, 1.54) is 0 Å². The van der Waals surface area contributed by atoms with Gasteiger partial charge in [-0.05, 0) is 12.5 Å². The quantitative estimate of drug-likeness (QED) is 0.600. The van der Waals surface area contributed by atoms with E-state index >= 15 is 0 Å². The average Bonchev–Trinajstić information content (AvgIpc) is 2.10. The monoisotopic (exact) mass is 195 g/mol. The van der Waals surface area contributed by atoms with Crippen LogP contribution < -0.4 is 5.73 Å². The van der Waals surface area contributed by atoms with Crippen LogP contribution >= 0.6 is 0 Å². The Morgan fingerprint density at radius 3 is 2.93 bits per heavy atom. The van der Waals surface area contributed by atoms with Crippen molar-refractivity contribution in [3.8, 4) is 12.3 Å². The third-order valence-corrected chi connectivity index (χ3v) is 2.35. The molecule has 3 N–H and O–H groups in total. The second-order valence-electron chi connectivity index (χ2n) is 3.32. The smallest absolute Gasteiger partial charge is 0.404 e. The fraction of sp³-hybridized carbons (Fsp3) is 0.500. The van der Waals surface area contributed by atoms with E-state index in [-0.39, 0.29) is 0 Å². The zero-order chi connectivity index (χ0) is 10.7. The number of aliphatic hydroxyl groups excluding tert-OH is 1. The third kappa shape index (κ3) is 2.27. The van der Waals surface area contributed by atoms with Crippen LogP contribution in [0, 0.1) is 12.3 Å². The summed E-state index contributed by atoms with van der Waals surface area (Å²) in [5.41, 5.74) is 6.34. The molecular weight excluding hydrogens is 182 g/mol. The first kappa shape index (κ1) is 10.6. The molecular formula is C10H13NO3. The van der Waals surface area contributed by atoms with Gasteiger partial charge in [0.1, 0.15) is 6.10 Å². The minimum atomic E-state index is -0.835. The molecule has 0 fully saturated rings. The van der Waals surface area contributed by atoms with Crippen molar-refractivity contribution in [3.05, 3.63) is 11.1 Å². The molecule has 0 bridgehead atoms. The zero-order valence-corrected chi connectivity index (χ0v) is 7.99. The number of primary amides is 1. The summed E-state index contributed by atoms with van der Waals surface area (Å²) in [6.45, 7) is 1.78. The highest BCUT2D eigenvalue weighted by Gasteiger charge is 2.26. The van der Waals surface area contributed by atoms with Crippen molar-refractivity contribution in [2.75, 3.05) is 0 Å². The molecule has 1 rings (SSSR count). The van der Waals surface area contributed by atoms with Gasteiger partial charge in [0.15, 0.2) is 0 Å². The van der Waals surface area contributed by atoms with E-state index in [4.69, 9.17) is 16.9 Å². The van der Waals surface area contributed by atoms with Crippen molar-refractivity contribution in [2.45, 2.75) is 32.0 Å². The number of hydrogen-bond donors (Lipinski definition) is 2. The van der Waals surface area contributed by atoms with Crippen LogP contribution in [-0.4, -0.2) is 23.4 Å². The molecule has 0 heterocycles. The predicted molar refractivity (Wildman–Crippen MR) is 51.2 cm³/mol. The van der Waals surface area contributed by atoms with E-state index in [1.807, 2.05) is 0 Å². The van der Waals surface area contributed by atoms with Crippen LogP contribution in [0.5, 0.6) is 0 Å². The summed E-state index contributed by atoms with van der Waals surface area (Å²) in [5.74, 6) is 2.47. The maximum absolute atomic E-state index is 10.5. The van der Waals surface area contributed by atoms with Crippen LogP contribution in [0.25, 0.3) is 0 Å². The highest BCUT2D eigenvalue weighted by molar-refractivity contribution is 5.65. The van der Waals surface area contributed by atoms with Crippen molar-refractivity contribution < 1.29 is 14.6 Å². The van der Waals surface area contributed by atoms with E-state index in [0.717, 1.165) is 5.57 Å². The maximum atomic E-state index is 10.5. The number of aliphatic hydroxyl groups is 1. The minimum Gasteiger partial charge on any atom is -0.446 e. The summed E-state index contributed by atoms with van der Waals surface area (Å²) in [5, 5.41) is 9.58. The van der Waals surface area contributed by atoms with E-state index < -0.39 is 18.3 Å². The summed E-state index contributed by atoms with van der Waals surface area (Å²) in [4.78, 5) is 10.5. The van der Waals surface area contributed by atoms with Crippen LogP contribution in [-0.2, 0) is 4.74 Å². The molecule has 0 radical (unpaired) electrons. The maximum Gasteiger partial charge on any atom is 0.404 e. The number of carbonyl (C=O) groups is 1. The number of nitrogens with two attached hydrogens (primary N) is 1. The fourth-order valence-electron chi connectivity index (χ4n) is 1.53. The normalized spacial score (nSPS) is 26.9. The Hall–Kier alpha value is -1.47. The van der Waals surface area contributed by atoms with Gasteiger partial charge in [0.25, 0.3) is 0 Å². The first-order chi connectivity index (χ1) is 6.54. The van der Waals surface area contributed by atoms with Gasteiger partial charge in [-0.2, -0.15) is 0 Å². The Morgan fingerprint density at radius 2 is 2.43 bits per heavy atom. The lowest BCUT2D eigenvalue weighted by atomic mass is 9.89. The molecule has 0 aromatic rings. The summed E-state index contributed by atoms with van der Waals surface area (Å²) in [6.07, 6.45) is 4.20. The van der Waals surface area contributed by atoms with Crippen LogP contribution in [0.3, 0.4) is 0 Å². The van der Waals surface area contributed by atoms with Crippen LogP contribution in [0.4, 0.5) is 4.79 Å². The molecule has 4 heteroatoms. The summed E-state index contributed by atoms with van der Waals surface area (Å²) in [7, 11) is 0. The molecule has 0 aromatic heterocycles. The predicted octanol–water partition coefficient (Wildman–Crippen LogP) is 0.555. The Labute approximate surface area is 82.7 Å². The van der Waals surface area contributed by atoms with Gasteiger partial charge >= 0.3 is 6.09 Å². The van der Waals surface area contributed by atoms with E-state index in [2.05, 4.69) is 5.92 Å². The molecule has 1 amide bonds. The van der Waals surface area contributed by atoms with Crippen molar-refractivity contribution in [2.24, 2.45) is 5.73 Å². The van der Waals surface area contributed by atoms with Gasteiger partial charge < -0.3 is 15.6 Å². The Kier molecular flexibility index (Phi) is 3.15. The van der Waals surface area contributed by atoms with Crippen molar-refractivity contribution in [3.63, 3.8) is 0 Å². The van der Waals surface area contributed by atoms with Crippen LogP contribution in [0.1, 0.15) is 19.8 Å². The average molecular weight is 195 g/mol. The molecule has 0 spiro atoms. The topological polar surface area (TPSA) is 72.6 Å². The molecule has 1 aliphatic carbocycles. The Balaban J connectivity index is 2.75. The largest absolute Gasteiger partial charge is 0.446 e. The van der Waals surface area contributed by atoms with Gasteiger partial charge in [0, 0.05) is 18.4 Å². The number of carbonyl (C=O) groups excluding carboxylic acids is 1. The minimum absolute atomic E-state index is 0.361. The van der Waals surface area contributed by atoms with E-state index in [0.29, 0.717) is 18.4 Å². The summed E-state index contributed by atoms with van der Waals surface area (Å²) < 4.78 is 4.79. The lowest BCUT2D eigenvalue weighted by Gasteiger charge is -2.26. The van der Waals surface area contributed by atoms with Crippen LogP contribution in [0.15, 0.2) is 11.1 Å². The lowest BCUT2D eigenvalue weighted by molar-refractivity contribution is 0.0627. The SMILES string of the molecule is C#CC1=C(C)C(O)CC(OC(N)=O)C1. The van der Waals surface area contributed by atoms with Crippen LogP contribution in [0.2, 0.25) is 0 Å². The van der Waals surface area contributed by atoms with Gasteiger partial charge in [-0.3, -0.25) is 0 Å². The van der Waals surface area contributed by atoms with Crippen molar-refractivity contribution >= 4 is 6.09 Å². The first-order valence-corrected chi connectivity index (χ1v) is 4.35. The highest BCUT2D eigenvalue weighted by atomic mass is 16.6. The Bertz CT molecular complexity index is 314. The lowest BCUT2D eigenvalue weighted by Crippen LogP contribution is -2.31. The molecule has 2 atom stereocenters. The van der Waals surface area contributed by atoms with Crippen molar-refractivity contribution in [1.82, 2.24) is 0 Å². The van der Waals surface area contributed by atoms with Gasteiger partial charge in [-0.15, -0.1) is 6.42 Å². The van der Waals surface area contributed by atoms with Gasteiger partial charge in [-0.25, -0.2) is 4.79 Å². The molecule has 0 aliphatic heterocycles. The molecule has 2 unspecified atom stereocenters. The molecule has 0 aromatic carbocycles. The fourth-order valence-corrected chi connectivity index (χ4v) is 1.53. The summed E-state index contributed by atoms with van der Waals surface area (Å²) >= 11 is 0. The summed E-state index contributed by atoms with van der Waals surface area (Å²) in [6, 6.07) is 0. The molecule has 1 aliphatic rings. The first-order valence-electron chi connectivity index (χ1n) is 4.35. The van der Waals surface area contributed by atoms with E-state index in [9.17, 15) is 9.90 Å². The second kappa shape index (κ2) is 4.16. The highest BCUT2D eigenvalue weighted by Crippen LogP contribution is 2.26. The number of amides is 1. The van der Waals surface area contributed by atoms with Gasteiger partial charge in [0.2, 0.25) is 0 Å². The molecule has 0 saturated heterocycles. The van der Waals surface area contributed by atoms with Gasteiger partial charge in [-0.1, -0.05) is 5.92 Å². The third-order valence-electron chi connectivity index (χ3n) is 2.35.